The lowest BCUT2D eigenvalue weighted by Gasteiger charge is -2.21. The Hall–Kier alpha value is -1.65. The highest BCUT2D eigenvalue weighted by Gasteiger charge is 2.20. The number of aromatic nitrogens is 1. The van der Waals surface area contributed by atoms with Crippen molar-refractivity contribution in [3.05, 3.63) is 41.0 Å². The molecular weight excluding hydrogens is 312 g/mol. The minimum atomic E-state index is -0.684. The Labute approximate surface area is 141 Å². The number of carbonyl (C=O) groups is 1. The van der Waals surface area contributed by atoms with Crippen LogP contribution in [0.4, 0.5) is 0 Å². The van der Waals surface area contributed by atoms with Gasteiger partial charge in [-0.05, 0) is 62.0 Å². The number of pyridine rings is 1. The molecule has 0 amide bonds. The summed E-state index contributed by atoms with van der Waals surface area (Å²) in [6, 6.07) is 7.89. The zero-order valence-electron chi connectivity index (χ0n) is 13.0. The van der Waals surface area contributed by atoms with E-state index in [0.717, 1.165) is 54.8 Å². The maximum Gasteiger partial charge on any atom is 0.303 e. The molecule has 2 heterocycles. The number of benzene rings is 1. The highest BCUT2D eigenvalue weighted by atomic mass is 35.5. The topological polar surface area (TPSA) is 53.4 Å². The van der Waals surface area contributed by atoms with Crippen molar-refractivity contribution in [3.8, 4) is 0 Å². The molecule has 1 N–H and O–H groups in total. The van der Waals surface area contributed by atoms with Crippen LogP contribution in [0.5, 0.6) is 0 Å². The van der Waals surface area contributed by atoms with E-state index in [4.69, 9.17) is 16.7 Å². The molecule has 1 aliphatic heterocycles. The van der Waals surface area contributed by atoms with Gasteiger partial charge >= 0.3 is 5.97 Å². The molecule has 0 aliphatic carbocycles. The summed E-state index contributed by atoms with van der Waals surface area (Å²) >= 11 is 6.26. The lowest BCUT2D eigenvalue weighted by molar-refractivity contribution is -0.138. The number of hydrogen-bond donors (Lipinski definition) is 1. The summed E-state index contributed by atoms with van der Waals surface area (Å²) in [7, 11) is 0. The normalized spacial score (nSPS) is 19.6. The van der Waals surface area contributed by atoms with E-state index in [1.807, 2.05) is 18.2 Å². The number of rotatable bonds is 4. The molecular formula is C18H21ClN2O2. The standard InChI is InChI=1S/C18H21ClN2O2/c19-16-6-5-14(18-15(16)4-1-8-20-18)12-21-9-2-3-13(7-10-21)11-17(22)23/h1,4-6,8,13H,2-3,7,9-12H2,(H,22,23). The Bertz CT molecular complexity index is 704. The van der Waals surface area contributed by atoms with Gasteiger partial charge in [-0.3, -0.25) is 14.7 Å². The summed E-state index contributed by atoms with van der Waals surface area (Å²) in [4.78, 5) is 17.8. The van der Waals surface area contributed by atoms with Gasteiger partial charge in [-0.25, -0.2) is 0 Å². The van der Waals surface area contributed by atoms with Crippen LogP contribution in [-0.4, -0.2) is 34.0 Å². The molecule has 2 aromatic rings. The highest BCUT2D eigenvalue weighted by Crippen LogP contribution is 2.27. The van der Waals surface area contributed by atoms with E-state index in [9.17, 15) is 4.79 Å². The highest BCUT2D eigenvalue weighted by molar-refractivity contribution is 6.35. The summed E-state index contributed by atoms with van der Waals surface area (Å²) in [5.41, 5.74) is 2.15. The number of carboxylic acids is 1. The van der Waals surface area contributed by atoms with Crippen LogP contribution in [0.2, 0.25) is 5.02 Å². The minimum Gasteiger partial charge on any atom is -0.481 e. The second-order valence-corrected chi connectivity index (χ2v) is 6.68. The number of nitrogens with zero attached hydrogens (tertiary/aromatic N) is 2. The number of hydrogen-bond acceptors (Lipinski definition) is 3. The van der Waals surface area contributed by atoms with E-state index < -0.39 is 5.97 Å². The Kier molecular flexibility index (Phi) is 5.13. The van der Waals surface area contributed by atoms with E-state index in [1.165, 1.54) is 5.56 Å². The molecule has 1 saturated heterocycles. The number of carboxylic acid groups (broad SMARTS) is 1. The molecule has 1 aromatic carbocycles. The van der Waals surface area contributed by atoms with Crippen LogP contribution < -0.4 is 0 Å². The molecule has 1 fully saturated rings. The maximum atomic E-state index is 10.9. The zero-order chi connectivity index (χ0) is 16.2. The van der Waals surface area contributed by atoms with Crippen molar-refractivity contribution >= 4 is 28.5 Å². The fourth-order valence-electron chi connectivity index (χ4n) is 3.40. The van der Waals surface area contributed by atoms with Crippen LogP contribution in [-0.2, 0) is 11.3 Å². The third kappa shape index (κ3) is 4.01. The average molecular weight is 333 g/mol. The largest absolute Gasteiger partial charge is 0.481 e. The SMILES string of the molecule is O=C(O)CC1CCCN(Cc2ccc(Cl)c3cccnc23)CC1. The monoisotopic (exact) mass is 332 g/mol. The van der Waals surface area contributed by atoms with E-state index in [0.29, 0.717) is 12.3 Å². The molecule has 5 heteroatoms. The van der Waals surface area contributed by atoms with E-state index >= 15 is 0 Å². The van der Waals surface area contributed by atoms with Crippen LogP contribution in [0, 0.1) is 5.92 Å². The van der Waals surface area contributed by atoms with Crippen molar-refractivity contribution in [2.75, 3.05) is 13.1 Å². The van der Waals surface area contributed by atoms with Gasteiger partial charge in [-0.2, -0.15) is 0 Å². The lowest BCUT2D eigenvalue weighted by atomic mass is 9.97. The average Bonchev–Trinajstić information content (AvgIpc) is 2.75. The van der Waals surface area contributed by atoms with Crippen molar-refractivity contribution in [2.45, 2.75) is 32.2 Å². The second kappa shape index (κ2) is 7.28. The fraction of sp³-hybridized carbons (Fsp3) is 0.444. The Balaban J connectivity index is 1.73. The van der Waals surface area contributed by atoms with Crippen LogP contribution >= 0.6 is 11.6 Å². The summed E-state index contributed by atoms with van der Waals surface area (Å²) in [6.45, 7) is 2.78. The van der Waals surface area contributed by atoms with Crippen LogP contribution in [0.25, 0.3) is 10.9 Å². The van der Waals surface area contributed by atoms with Gasteiger partial charge in [0.25, 0.3) is 0 Å². The Morgan fingerprint density at radius 2 is 2.17 bits per heavy atom. The van der Waals surface area contributed by atoms with Gasteiger partial charge < -0.3 is 5.11 Å². The summed E-state index contributed by atoms with van der Waals surface area (Å²) < 4.78 is 0. The zero-order valence-corrected chi connectivity index (χ0v) is 13.8. The van der Waals surface area contributed by atoms with Gasteiger partial charge in [0.1, 0.15) is 0 Å². The van der Waals surface area contributed by atoms with Crippen LogP contribution in [0.3, 0.4) is 0 Å². The molecule has 1 aromatic heterocycles. The molecule has 0 spiro atoms. The molecule has 122 valence electrons. The first-order chi connectivity index (χ1) is 11.1. The Morgan fingerprint density at radius 1 is 1.30 bits per heavy atom. The number of aliphatic carboxylic acids is 1. The second-order valence-electron chi connectivity index (χ2n) is 6.28. The first kappa shape index (κ1) is 16.2. The van der Waals surface area contributed by atoms with Crippen molar-refractivity contribution in [3.63, 3.8) is 0 Å². The van der Waals surface area contributed by atoms with Crippen LogP contribution in [0.1, 0.15) is 31.2 Å². The van der Waals surface area contributed by atoms with E-state index in [-0.39, 0.29) is 0 Å². The molecule has 4 nitrogen and oxygen atoms in total. The molecule has 0 bridgehead atoms. The number of fused-ring (bicyclic) bond motifs is 1. The quantitative estimate of drug-likeness (QED) is 0.920. The third-order valence-corrected chi connectivity index (χ3v) is 4.93. The maximum absolute atomic E-state index is 10.9. The van der Waals surface area contributed by atoms with Crippen LogP contribution in [0.15, 0.2) is 30.5 Å². The first-order valence-corrected chi connectivity index (χ1v) is 8.47. The molecule has 0 radical (unpaired) electrons. The minimum absolute atomic E-state index is 0.291. The molecule has 0 saturated carbocycles. The van der Waals surface area contributed by atoms with E-state index in [1.54, 1.807) is 6.20 Å². The van der Waals surface area contributed by atoms with Gasteiger partial charge in [-0.1, -0.05) is 17.7 Å². The third-order valence-electron chi connectivity index (χ3n) is 4.60. The van der Waals surface area contributed by atoms with Crippen molar-refractivity contribution < 1.29 is 9.90 Å². The predicted octanol–water partition coefficient (Wildman–Crippen LogP) is 3.97. The molecule has 23 heavy (non-hydrogen) atoms. The summed E-state index contributed by atoms with van der Waals surface area (Å²) in [5.74, 6) is -0.381. The lowest BCUT2D eigenvalue weighted by Crippen LogP contribution is -2.24. The van der Waals surface area contributed by atoms with Gasteiger partial charge in [0.15, 0.2) is 0 Å². The summed E-state index contributed by atoms with van der Waals surface area (Å²) in [6.07, 6.45) is 5.09. The number of likely N-dealkylation sites (tertiary alicyclic amines) is 1. The number of halogens is 1. The molecule has 1 unspecified atom stereocenters. The predicted molar refractivity (Wildman–Crippen MR) is 91.6 cm³/mol. The van der Waals surface area contributed by atoms with E-state index in [2.05, 4.69) is 16.0 Å². The smallest absolute Gasteiger partial charge is 0.303 e. The van der Waals surface area contributed by atoms with Crippen molar-refractivity contribution in [1.82, 2.24) is 9.88 Å². The van der Waals surface area contributed by atoms with Gasteiger partial charge in [0.05, 0.1) is 5.52 Å². The molecule has 1 aliphatic rings. The Morgan fingerprint density at radius 3 is 3.00 bits per heavy atom. The van der Waals surface area contributed by atoms with Crippen molar-refractivity contribution in [1.29, 1.82) is 0 Å². The van der Waals surface area contributed by atoms with Gasteiger partial charge in [-0.15, -0.1) is 0 Å². The van der Waals surface area contributed by atoms with Gasteiger partial charge in [0.2, 0.25) is 0 Å². The van der Waals surface area contributed by atoms with Gasteiger partial charge in [0, 0.05) is 29.6 Å². The summed E-state index contributed by atoms with van der Waals surface area (Å²) in [5, 5.41) is 10.7. The molecule has 3 rings (SSSR count). The fourth-order valence-corrected chi connectivity index (χ4v) is 3.61. The molecule has 1 atom stereocenters. The van der Waals surface area contributed by atoms with Crippen molar-refractivity contribution in [2.24, 2.45) is 5.92 Å². The first-order valence-electron chi connectivity index (χ1n) is 8.10.